The Morgan fingerprint density at radius 1 is 1.37 bits per heavy atom. The van der Waals surface area contributed by atoms with Crippen molar-refractivity contribution in [2.24, 2.45) is 5.92 Å². The first kappa shape index (κ1) is 19.4. The van der Waals surface area contributed by atoms with Crippen molar-refractivity contribution >= 4 is 6.03 Å². The second-order valence-electron chi connectivity index (χ2n) is 7.35. The molecule has 1 fully saturated rings. The molecule has 1 atom stereocenters. The van der Waals surface area contributed by atoms with E-state index in [-0.39, 0.29) is 11.9 Å². The molecule has 1 saturated heterocycles. The van der Waals surface area contributed by atoms with E-state index in [9.17, 15) is 4.79 Å². The van der Waals surface area contributed by atoms with Crippen molar-refractivity contribution in [3.8, 4) is 0 Å². The number of hydrogen-bond acceptors (Lipinski definition) is 5. The Morgan fingerprint density at radius 3 is 2.96 bits per heavy atom. The van der Waals surface area contributed by atoms with Gasteiger partial charge in [0.1, 0.15) is 0 Å². The summed E-state index contributed by atoms with van der Waals surface area (Å²) < 4.78 is 11.1. The van der Waals surface area contributed by atoms with Crippen molar-refractivity contribution in [3.05, 3.63) is 47.6 Å². The maximum atomic E-state index is 12.2. The lowest BCUT2D eigenvalue weighted by atomic mass is 10.1. The Labute approximate surface area is 160 Å². The average molecular weight is 372 g/mol. The zero-order valence-electron chi connectivity index (χ0n) is 16.1. The lowest BCUT2D eigenvalue weighted by molar-refractivity contribution is 0.122. The Hall–Kier alpha value is -2.41. The van der Waals surface area contributed by atoms with Crippen molar-refractivity contribution in [1.82, 2.24) is 20.4 Å². The normalized spacial score (nSPS) is 16.9. The van der Waals surface area contributed by atoms with Crippen LogP contribution in [0.25, 0.3) is 0 Å². The Kier molecular flexibility index (Phi) is 6.81. The van der Waals surface area contributed by atoms with Crippen LogP contribution < -0.4 is 5.32 Å². The molecule has 1 unspecified atom stereocenters. The number of nitrogens with one attached hydrogen (secondary N) is 1. The molecule has 0 spiro atoms. The first-order valence-electron chi connectivity index (χ1n) is 9.58. The monoisotopic (exact) mass is 372 g/mol. The zero-order chi connectivity index (χ0) is 19.1. The van der Waals surface area contributed by atoms with Crippen LogP contribution in [0.1, 0.15) is 43.5 Å². The predicted molar refractivity (Wildman–Crippen MR) is 101 cm³/mol. The summed E-state index contributed by atoms with van der Waals surface area (Å²) in [4.78, 5) is 18.5. The molecule has 2 heterocycles. The van der Waals surface area contributed by atoms with Gasteiger partial charge in [0.25, 0.3) is 0 Å². The van der Waals surface area contributed by atoms with Gasteiger partial charge in [-0.2, -0.15) is 4.98 Å². The molecular weight excluding hydrogens is 344 g/mol. The molecule has 1 aromatic heterocycles. The predicted octanol–water partition coefficient (Wildman–Crippen LogP) is 2.98. The number of hydrogen-bond donors (Lipinski definition) is 1. The fraction of sp³-hybridized carbons (Fsp3) is 0.550. The number of rotatable bonds is 8. The fourth-order valence-corrected chi connectivity index (χ4v) is 3.01. The molecule has 0 aliphatic carbocycles. The zero-order valence-corrected chi connectivity index (χ0v) is 16.1. The van der Waals surface area contributed by atoms with Gasteiger partial charge in [0.2, 0.25) is 5.89 Å². The number of urea groups is 1. The lowest BCUT2D eigenvalue weighted by Crippen LogP contribution is -2.39. The molecule has 2 amide bonds. The van der Waals surface area contributed by atoms with Gasteiger partial charge in [-0.3, -0.25) is 0 Å². The Morgan fingerprint density at radius 2 is 2.19 bits per heavy atom. The molecule has 1 aromatic carbocycles. The van der Waals surface area contributed by atoms with Crippen LogP contribution in [0.5, 0.6) is 0 Å². The quantitative estimate of drug-likeness (QED) is 0.721. The summed E-state index contributed by atoms with van der Waals surface area (Å²) in [5.41, 5.74) is 1.15. The van der Waals surface area contributed by atoms with E-state index in [1.165, 1.54) is 0 Å². The largest absolute Gasteiger partial charge is 0.376 e. The number of amides is 2. The molecule has 1 aliphatic rings. The molecule has 0 radical (unpaired) electrons. The number of nitrogens with zero attached hydrogens (tertiary/aromatic N) is 3. The number of carbonyl (C=O) groups is 1. The van der Waals surface area contributed by atoms with Crippen LogP contribution in [0.4, 0.5) is 4.79 Å². The molecule has 1 aliphatic heterocycles. The minimum absolute atomic E-state index is 0.0137. The van der Waals surface area contributed by atoms with Gasteiger partial charge in [0.05, 0.1) is 19.1 Å². The fourth-order valence-electron chi connectivity index (χ4n) is 3.01. The van der Waals surface area contributed by atoms with Crippen molar-refractivity contribution in [2.75, 3.05) is 26.2 Å². The standard InChI is InChI=1S/C20H28N4O3/c1-15(2)12-21-20(25)24-10-8-17(13-24)19-22-18(23-27-19)9-11-26-14-16-6-4-3-5-7-16/h3-7,15,17H,8-14H2,1-2H3,(H,21,25). The SMILES string of the molecule is CC(C)CNC(=O)N1CCC(c2nc(CCOCc3ccccc3)no2)C1. The minimum atomic E-state index is -0.0137. The van der Waals surface area contributed by atoms with Gasteiger partial charge in [-0.25, -0.2) is 4.79 Å². The van der Waals surface area contributed by atoms with Crippen LogP contribution >= 0.6 is 0 Å². The number of benzene rings is 1. The van der Waals surface area contributed by atoms with E-state index >= 15 is 0 Å². The van der Waals surface area contributed by atoms with E-state index in [2.05, 4.69) is 29.3 Å². The maximum Gasteiger partial charge on any atom is 0.317 e. The van der Waals surface area contributed by atoms with Crippen molar-refractivity contribution in [1.29, 1.82) is 0 Å². The summed E-state index contributed by atoms with van der Waals surface area (Å²) in [6, 6.07) is 10.0. The van der Waals surface area contributed by atoms with Crippen molar-refractivity contribution < 1.29 is 14.1 Å². The summed E-state index contributed by atoms with van der Waals surface area (Å²) in [5.74, 6) is 1.82. The third kappa shape index (κ3) is 5.79. The molecule has 2 aromatic rings. The van der Waals surface area contributed by atoms with E-state index in [0.717, 1.165) is 12.0 Å². The van der Waals surface area contributed by atoms with Gasteiger partial charge in [0, 0.05) is 26.1 Å². The first-order chi connectivity index (χ1) is 13.1. The van der Waals surface area contributed by atoms with Crippen LogP contribution in [0, 0.1) is 5.92 Å². The van der Waals surface area contributed by atoms with E-state index < -0.39 is 0 Å². The van der Waals surface area contributed by atoms with Crippen LogP contribution in [-0.4, -0.2) is 47.3 Å². The van der Waals surface area contributed by atoms with Crippen LogP contribution in [0.15, 0.2) is 34.9 Å². The second-order valence-corrected chi connectivity index (χ2v) is 7.35. The van der Waals surface area contributed by atoms with Crippen molar-refractivity contribution in [3.63, 3.8) is 0 Å². The lowest BCUT2D eigenvalue weighted by Gasteiger charge is -2.17. The Bertz CT molecular complexity index is 717. The smallest absolute Gasteiger partial charge is 0.317 e. The molecule has 0 bridgehead atoms. The highest BCUT2D eigenvalue weighted by molar-refractivity contribution is 5.74. The van der Waals surface area contributed by atoms with Crippen molar-refractivity contribution in [2.45, 2.75) is 39.2 Å². The molecule has 0 saturated carbocycles. The molecule has 3 rings (SSSR count). The van der Waals surface area contributed by atoms with E-state index in [1.54, 1.807) is 0 Å². The highest BCUT2D eigenvalue weighted by Gasteiger charge is 2.31. The van der Waals surface area contributed by atoms with E-state index in [0.29, 0.717) is 56.9 Å². The van der Waals surface area contributed by atoms with Gasteiger partial charge >= 0.3 is 6.03 Å². The summed E-state index contributed by atoms with van der Waals surface area (Å²) in [6.45, 7) is 7.31. The highest BCUT2D eigenvalue weighted by Crippen LogP contribution is 2.26. The average Bonchev–Trinajstić information content (AvgIpc) is 3.33. The highest BCUT2D eigenvalue weighted by atomic mass is 16.5. The number of aromatic nitrogens is 2. The second kappa shape index (κ2) is 9.50. The first-order valence-corrected chi connectivity index (χ1v) is 9.58. The summed E-state index contributed by atoms with van der Waals surface area (Å²) >= 11 is 0. The molecule has 1 N–H and O–H groups in total. The third-order valence-electron chi connectivity index (χ3n) is 4.55. The minimum Gasteiger partial charge on any atom is -0.376 e. The van der Waals surface area contributed by atoms with Crippen LogP contribution in [0.2, 0.25) is 0 Å². The van der Waals surface area contributed by atoms with Gasteiger partial charge in [-0.15, -0.1) is 0 Å². The van der Waals surface area contributed by atoms with Gasteiger partial charge in [0.15, 0.2) is 5.82 Å². The summed E-state index contributed by atoms with van der Waals surface area (Å²) in [5, 5.41) is 7.00. The topological polar surface area (TPSA) is 80.5 Å². The van der Waals surface area contributed by atoms with Gasteiger partial charge in [-0.05, 0) is 17.9 Å². The van der Waals surface area contributed by atoms with E-state index in [4.69, 9.17) is 9.26 Å². The molecular formula is C20H28N4O3. The molecule has 7 heteroatoms. The van der Waals surface area contributed by atoms with Crippen LogP contribution in [-0.2, 0) is 17.8 Å². The maximum absolute atomic E-state index is 12.2. The van der Waals surface area contributed by atoms with E-state index in [1.807, 2.05) is 35.2 Å². The van der Waals surface area contributed by atoms with Crippen LogP contribution in [0.3, 0.4) is 0 Å². The summed E-state index contributed by atoms with van der Waals surface area (Å²) in [7, 11) is 0. The third-order valence-corrected chi connectivity index (χ3v) is 4.55. The van der Waals surface area contributed by atoms with Gasteiger partial charge in [-0.1, -0.05) is 49.3 Å². The number of likely N-dealkylation sites (tertiary alicyclic amines) is 1. The molecule has 7 nitrogen and oxygen atoms in total. The molecule has 146 valence electrons. The molecule has 27 heavy (non-hydrogen) atoms. The summed E-state index contributed by atoms with van der Waals surface area (Å²) in [6.07, 6.45) is 1.46. The number of carbonyl (C=O) groups excluding carboxylic acids is 1. The van der Waals surface area contributed by atoms with Gasteiger partial charge < -0.3 is 19.5 Å². The Balaban J connectivity index is 1.40. The number of ether oxygens (including phenoxy) is 1.